The van der Waals surface area contributed by atoms with E-state index in [4.69, 9.17) is 4.74 Å². The van der Waals surface area contributed by atoms with Gasteiger partial charge in [0.2, 0.25) is 0 Å². The number of ether oxygens (including phenoxy) is 1. The molecular formula is C18H36N2O. The number of nitrogens with zero attached hydrogens (tertiary/aromatic N) is 1. The molecule has 2 fully saturated rings. The van der Waals surface area contributed by atoms with Gasteiger partial charge in [0.05, 0.1) is 13.2 Å². The number of rotatable bonds is 7. The summed E-state index contributed by atoms with van der Waals surface area (Å²) in [4.78, 5) is 2.72. The Morgan fingerprint density at radius 2 is 2.00 bits per heavy atom. The fourth-order valence-electron chi connectivity index (χ4n) is 4.14. The fraction of sp³-hybridized carbons (Fsp3) is 1.00. The van der Waals surface area contributed by atoms with Gasteiger partial charge in [-0.15, -0.1) is 0 Å². The minimum atomic E-state index is 0.646. The van der Waals surface area contributed by atoms with E-state index < -0.39 is 0 Å². The van der Waals surface area contributed by atoms with Crippen LogP contribution in [0.5, 0.6) is 0 Å². The lowest BCUT2D eigenvalue weighted by atomic mass is 9.76. The van der Waals surface area contributed by atoms with Crippen LogP contribution in [-0.4, -0.2) is 49.8 Å². The van der Waals surface area contributed by atoms with Crippen LogP contribution in [0.2, 0.25) is 0 Å². The maximum Gasteiger partial charge on any atom is 0.0622 e. The Kier molecular flexibility index (Phi) is 7.48. The summed E-state index contributed by atoms with van der Waals surface area (Å²) in [6.45, 7) is 12.4. The summed E-state index contributed by atoms with van der Waals surface area (Å²) in [6, 6.07) is 1.39. The summed E-state index contributed by atoms with van der Waals surface area (Å²) in [5.74, 6) is 1.79. The summed E-state index contributed by atoms with van der Waals surface area (Å²) >= 11 is 0. The Labute approximate surface area is 131 Å². The van der Waals surface area contributed by atoms with Crippen LogP contribution in [0.15, 0.2) is 0 Å². The third-order valence-corrected chi connectivity index (χ3v) is 5.61. The molecule has 21 heavy (non-hydrogen) atoms. The van der Waals surface area contributed by atoms with Crippen LogP contribution in [0.25, 0.3) is 0 Å². The van der Waals surface area contributed by atoms with Crippen molar-refractivity contribution >= 4 is 0 Å². The second kappa shape index (κ2) is 9.12. The van der Waals surface area contributed by atoms with Crippen LogP contribution in [-0.2, 0) is 4.74 Å². The molecule has 0 bridgehead atoms. The van der Waals surface area contributed by atoms with Gasteiger partial charge in [-0.3, -0.25) is 4.90 Å². The molecule has 3 heteroatoms. The van der Waals surface area contributed by atoms with Gasteiger partial charge in [-0.1, -0.05) is 27.2 Å². The van der Waals surface area contributed by atoms with E-state index in [1.807, 2.05) is 0 Å². The molecule has 1 aliphatic carbocycles. The summed E-state index contributed by atoms with van der Waals surface area (Å²) in [5, 5.41) is 3.83. The Morgan fingerprint density at radius 1 is 1.14 bits per heavy atom. The van der Waals surface area contributed by atoms with E-state index in [0.717, 1.165) is 37.6 Å². The van der Waals surface area contributed by atoms with Crippen molar-refractivity contribution in [1.82, 2.24) is 10.2 Å². The Bertz CT molecular complexity index is 284. The predicted molar refractivity (Wildman–Crippen MR) is 89.7 cm³/mol. The monoisotopic (exact) mass is 296 g/mol. The van der Waals surface area contributed by atoms with Gasteiger partial charge in [-0.25, -0.2) is 0 Å². The third kappa shape index (κ3) is 4.94. The fourth-order valence-corrected chi connectivity index (χ4v) is 4.14. The molecular weight excluding hydrogens is 260 g/mol. The quantitative estimate of drug-likeness (QED) is 0.780. The first-order valence-electron chi connectivity index (χ1n) is 9.33. The zero-order valence-electron chi connectivity index (χ0n) is 14.4. The zero-order chi connectivity index (χ0) is 15.1. The second-order valence-corrected chi connectivity index (χ2v) is 7.04. The van der Waals surface area contributed by atoms with E-state index in [2.05, 4.69) is 31.0 Å². The SMILES string of the molecule is CCCNC1CCC(CC)CC1CN1CCOCC1CC. The molecule has 1 heterocycles. The molecule has 0 aromatic heterocycles. The van der Waals surface area contributed by atoms with E-state index in [0.29, 0.717) is 6.04 Å². The molecule has 2 rings (SSSR count). The van der Waals surface area contributed by atoms with E-state index in [1.54, 1.807) is 0 Å². The minimum Gasteiger partial charge on any atom is -0.378 e. The van der Waals surface area contributed by atoms with Crippen molar-refractivity contribution < 1.29 is 4.74 Å². The van der Waals surface area contributed by atoms with Crippen molar-refractivity contribution in [1.29, 1.82) is 0 Å². The highest BCUT2D eigenvalue weighted by molar-refractivity contribution is 4.88. The third-order valence-electron chi connectivity index (χ3n) is 5.61. The molecule has 3 nitrogen and oxygen atoms in total. The molecule has 1 aliphatic heterocycles. The molecule has 0 amide bonds. The Hall–Kier alpha value is -0.120. The highest BCUT2D eigenvalue weighted by Crippen LogP contribution is 2.32. The summed E-state index contributed by atoms with van der Waals surface area (Å²) in [6.07, 6.45) is 8.05. The van der Waals surface area contributed by atoms with Gasteiger partial charge in [0.25, 0.3) is 0 Å². The van der Waals surface area contributed by atoms with Crippen LogP contribution >= 0.6 is 0 Å². The first-order valence-corrected chi connectivity index (χ1v) is 9.33. The number of hydrogen-bond acceptors (Lipinski definition) is 3. The molecule has 0 aromatic rings. The largest absolute Gasteiger partial charge is 0.378 e. The highest BCUT2D eigenvalue weighted by atomic mass is 16.5. The molecule has 124 valence electrons. The van der Waals surface area contributed by atoms with Crippen LogP contribution < -0.4 is 5.32 Å². The molecule has 4 unspecified atom stereocenters. The number of morpholine rings is 1. The molecule has 2 aliphatic rings. The zero-order valence-corrected chi connectivity index (χ0v) is 14.4. The van der Waals surface area contributed by atoms with E-state index in [9.17, 15) is 0 Å². The lowest BCUT2D eigenvalue weighted by Crippen LogP contribution is -2.51. The number of hydrogen-bond donors (Lipinski definition) is 1. The van der Waals surface area contributed by atoms with Crippen molar-refractivity contribution in [3.63, 3.8) is 0 Å². The van der Waals surface area contributed by atoms with Crippen molar-refractivity contribution in [2.45, 2.75) is 71.4 Å². The van der Waals surface area contributed by atoms with E-state index in [1.165, 1.54) is 51.6 Å². The van der Waals surface area contributed by atoms with Gasteiger partial charge in [0.15, 0.2) is 0 Å². The maximum atomic E-state index is 5.67. The van der Waals surface area contributed by atoms with Gasteiger partial charge >= 0.3 is 0 Å². The average molecular weight is 296 g/mol. The topological polar surface area (TPSA) is 24.5 Å². The molecule has 0 spiro atoms. The normalized spacial score (nSPS) is 35.0. The minimum absolute atomic E-state index is 0.646. The smallest absolute Gasteiger partial charge is 0.0622 e. The molecule has 1 N–H and O–H groups in total. The van der Waals surface area contributed by atoms with Crippen molar-refractivity contribution in [2.24, 2.45) is 11.8 Å². The van der Waals surface area contributed by atoms with Crippen molar-refractivity contribution in [2.75, 3.05) is 32.8 Å². The standard InChI is InChI=1S/C18H36N2O/c1-4-9-19-18-8-7-15(5-2)12-16(18)13-20-10-11-21-14-17(20)6-3/h15-19H,4-14H2,1-3H3. The lowest BCUT2D eigenvalue weighted by Gasteiger charge is -2.43. The molecule has 4 atom stereocenters. The first-order chi connectivity index (χ1) is 10.3. The van der Waals surface area contributed by atoms with Gasteiger partial charge < -0.3 is 10.1 Å². The summed E-state index contributed by atoms with van der Waals surface area (Å²) in [5.41, 5.74) is 0. The van der Waals surface area contributed by atoms with E-state index in [-0.39, 0.29) is 0 Å². The van der Waals surface area contributed by atoms with E-state index >= 15 is 0 Å². The van der Waals surface area contributed by atoms with Crippen LogP contribution in [0.4, 0.5) is 0 Å². The second-order valence-electron chi connectivity index (χ2n) is 7.04. The average Bonchev–Trinajstić information content (AvgIpc) is 2.54. The van der Waals surface area contributed by atoms with Gasteiger partial charge in [-0.05, 0) is 50.5 Å². The molecule has 1 saturated heterocycles. The van der Waals surface area contributed by atoms with Crippen LogP contribution in [0, 0.1) is 11.8 Å². The maximum absolute atomic E-state index is 5.67. The molecule has 0 radical (unpaired) electrons. The highest BCUT2D eigenvalue weighted by Gasteiger charge is 2.32. The molecule has 0 aromatic carbocycles. The van der Waals surface area contributed by atoms with Crippen LogP contribution in [0.3, 0.4) is 0 Å². The first kappa shape index (κ1) is 17.2. The van der Waals surface area contributed by atoms with Gasteiger partial charge in [0, 0.05) is 25.2 Å². The van der Waals surface area contributed by atoms with Gasteiger partial charge in [0.1, 0.15) is 0 Å². The van der Waals surface area contributed by atoms with Crippen molar-refractivity contribution in [3.8, 4) is 0 Å². The van der Waals surface area contributed by atoms with Gasteiger partial charge in [-0.2, -0.15) is 0 Å². The Morgan fingerprint density at radius 3 is 2.71 bits per heavy atom. The van der Waals surface area contributed by atoms with Crippen LogP contribution in [0.1, 0.15) is 59.3 Å². The predicted octanol–water partition coefficient (Wildman–Crippen LogP) is 3.29. The number of nitrogens with one attached hydrogen (secondary N) is 1. The summed E-state index contributed by atoms with van der Waals surface area (Å²) in [7, 11) is 0. The lowest BCUT2D eigenvalue weighted by molar-refractivity contribution is -0.0224. The van der Waals surface area contributed by atoms with Crippen molar-refractivity contribution in [3.05, 3.63) is 0 Å². The molecule has 1 saturated carbocycles. The summed E-state index contributed by atoms with van der Waals surface area (Å²) < 4.78 is 5.67. The Balaban J connectivity index is 1.93.